The third-order valence-electron chi connectivity index (χ3n) is 1.46. The second-order valence-electron chi connectivity index (χ2n) is 2.29. The molecule has 2 nitrogen and oxygen atoms in total. The summed E-state index contributed by atoms with van der Waals surface area (Å²) in [4.78, 5) is 10.5. The summed E-state index contributed by atoms with van der Waals surface area (Å²) in [6, 6.07) is 0. The molecule has 1 rings (SSSR count). The summed E-state index contributed by atoms with van der Waals surface area (Å²) in [6.45, 7) is 0. The number of hydrogen-bond donors (Lipinski definition) is 1. The second kappa shape index (κ2) is 2.27. The van der Waals surface area contributed by atoms with E-state index in [1.54, 1.807) is 0 Å². The highest BCUT2D eigenvalue weighted by atomic mass is 16.3. The molecule has 0 bridgehead atoms. The van der Waals surface area contributed by atoms with E-state index in [2.05, 4.69) is 0 Å². The fraction of sp³-hybridized carbons (Fsp3) is 0.833. The fourth-order valence-electron chi connectivity index (χ4n) is 1.00. The number of carbonyl (C=O) groups excluding carboxylic acids is 1. The zero-order valence-electron chi connectivity index (χ0n) is 4.76. The third kappa shape index (κ3) is 1.30. The Kier molecular flexibility index (Phi) is 1.63. The molecule has 0 spiro atoms. The first-order chi connectivity index (χ1) is 3.79. The van der Waals surface area contributed by atoms with Gasteiger partial charge >= 0.3 is 0 Å². The van der Waals surface area contributed by atoms with E-state index in [1.165, 1.54) is 0 Å². The average molecular weight is 114 g/mol. The van der Waals surface area contributed by atoms with Crippen molar-refractivity contribution in [2.45, 2.75) is 31.8 Å². The van der Waals surface area contributed by atoms with Crippen molar-refractivity contribution in [2.24, 2.45) is 0 Å². The van der Waals surface area contributed by atoms with Gasteiger partial charge in [0.25, 0.3) is 0 Å². The van der Waals surface area contributed by atoms with Crippen LogP contribution in [0.1, 0.15) is 25.7 Å². The molecular weight excluding hydrogens is 104 g/mol. The van der Waals surface area contributed by atoms with E-state index in [-0.39, 0.29) is 11.9 Å². The van der Waals surface area contributed by atoms with Gasteiger partial charge in [-0.2, -0.15) is 0 Å². The molecule has 1 aliphatic rings. The first-order valence-corrected chi connectivity index (χ1v) is 2.99. The Hall–Kier alpha value is -0.370. The fourth-order valence-corrected chi connectivity index (χ4v) is 1.00. The van der Waals surface area contributed by atoms with Gasteiger partial charge in [0.1, 0.15) is 5.78 Å². The number of aliphatic hydroxyl groups excluding tert-OH is 1. The maximum atomic E-state index is 10.5. The molecule has 0 radical (unpaired) electrons. The Morgan fingerprint density at radius 3 is 2.75 bits per heavy atom. The van der Waals surface area contributed by atoms with Crippen LogP contribution in [0.25, 0.3) is 0 Å². The predicted octanol–water partition coefficient (Wildman–Crippen LogP) is 0.490. The Labute approximate surface area is 48.5 Å². The summed E-state index contributed by atoms with van der Waals surface area (Å²) in [5, 5.41) is 8.86. The standard InChI is InChI=1S/C6H10O2/c7-5-2-1-3-6(8)4-5/h5,7H,1-4H2/t5-/m0/s1. The van der Waals surface area contributed by atoms with Crippen molar-refractivity contribution in [1.82, 2.24) is 0 Å². The molecule has 1 N–H and O–H groups in total. The van der Waals surface area contributed by atoms with Gasteiger partial charge < -0.3 is 5.11 Å². The Morgan fingerprint density at radius 2 is 2.38 bits per heavy atom. The number of Topliss-reactive ketones (excluding diaryl/α,β-unsaturated/α-hetero) is 1. The molecule has 0 aliphatic heterocycles. The van der Waals surface area contributed by atoms with Gasteiger partial charge in [0, 0.05) is 12.8 Å². The van der Waals surface area contributed by atoms with Crippen molar-refractivity contribution in [1.29, 1.82) is 0 Å². The van der Waals surface area contributed by atoms with Crippen molar-refractivity contribution < 1.29 is 9.90 Å². The van der Waals surface area contributed by atoms with Crippen LogP contribution in [0.4, 0.5) is 0 Å². The summed E-state index contributed by atoms with van der Waals surface area (Å²) in [6.07, 6.45) is 2.42. The summed E-state index contributed by atoms with van der Waals surface area (Å²) >= 11 is 0. The number of aliphatic hydroxyl groups is 1. The van der Waals surface area contributed by atoms with Gasteiger partial charge in [-0.25, -0.2) is 0 Å². The lowest BCUT2D eigenvalue weighted by Gasteiger charge is -2.13. The maximum absolute atomic E-state index is 10.5. The molecule has 0 saturated heterocycles. The van der Waals surface area contributed by atoms with Crippen molar-refractivity contribution in [2.75, 3.05) is 0 Å². The molecule has 46 valence electrons. The molecule has 8 heavy (non-hydrogen) atoms. The molecule has 1 saturated carbocycles. The topological polar surface area (TPSA) is 37.3 Å². The minimum absolute atomic E-state index is 0.212. The normalized spacial score (nSPS) is 30.6. The lowest BCUT2D eigenvalue weighted by molar-refractivity contribution is -0.122. The molecule has 0 amide bonds. The van der Waals surface area contributed by atoms with E-state index in [1.807, 2.05) is 0 Å². The van der Waals surface area contributed by atoms with Crippen LogP contribution in [0, 0.1) is 0 Å². The monoisotopic (exact) mass is 114 g/mol. The Bertz CT molecular complexity index is 98.7. The van der Waals surface area contributed by atoms with Crippen LogP contribution in [0.3, 0.4) is 0 Å². The molecule has 0 aromatic heterocycles. The highest BCUT2D eigenvalue weighted by Crippen LogP contribution is 2.13. The first kappa shape index (κ1) is 5.76. The van der Waals surface area contributed by atoms with E-state index in [0.29, 0.717) is 12.8 Å². The van der Waals surface area contributed by atoms with Crippen LogP contribution < -0.4 is 0 Å². The molecule has 2 heteroatoms. The summed E-state index contributed by atoms with van der Waals surface area (Å²) in [5.74, 6) is 0.212. The van der Waals surface area contributed by atoms with Gasteiger partial charge in [0.05, 0.1) is 6.10 Å². The Morgan fingerprint density at radius 1 is 1.62 bits per heavy atom. The average Bonchev–Trinajstić information content (AvgIpc) is 1.64. The minimum atomic E-state index is -0.337. The van der Waals surface area contributed by atoms with Crippen LogP contribution in [0.15, 0.2) is 0 Å². The minimum Gasteiger partial charge on any atom is -0.393 e. The number of hydrogen-bond acceptors (Lipinski definition) is 2. The number of rotatable bonds is 0. The van der Waals surface area contributed by atoms with Crippen molar-refractivity contribution in [3.05, 3.63) is 0 Å². The highest BCUT2D eigenvalue weighted by molar-refractivity contribution is 5.79. The van der Waals surface area contributed by atoms with Crippen LogP contribution in [0.2, 0.25) is 0 Å². The van der Waals surface area contributed by atoms with E-state index in [9.17, 15) is 4.79 Å². The van der Waals surface area contributed by atoms with Gasteiger partial charge in [-0.15, -0.1) is 0 Å². The smallest absolute Gasteiger partial charge is 0.135 e. The zero-order chi connectivity index (χ0) is 5.98. The zero-order valence-corrected chi connectivity index (χ0v) is 4.76. The van der Waals surface area contributed by atoms with Crippen molar-refractivity contribution in [3.8, 4) is 0 Å². The van der Waals surface area contributed by atoms with Crippen molar-refractivity contribution >= 4 is 5.78 Å². The number of carbonyl (C=O) groups is 1. The summed E-state index contributed by atoms with van der Waals surface area (Å²) < 4.78 is 0. The van der Waals surface area contributed by atoms with E-state index in [4.69, 9.17) is 5.11 Å². The van der Waals surface area contributed by atoms with Crippen LogP contribution in [0.5, 0.6) is 0 Å². The van der Waals surface area contributed by atoms with Gasteiger partial charge in [-0.3, -0.25) is 4.79 Å². The predicted molar refractivity (Wildman–Crippen MR) is 29.5 cm³/mol. The lowest BCUT2D eigenvalue weighted by Crippen LogP contribution is -2.18. The van der Waals surface area contributed by atoms with Gasteiger partial charge in [0.2, 0.25) is 0 Å². The molecule has 0 heterocycles. The van der Waals surface area contributed by atoms with E-state index >= 15 is 0 Å². The molecule has 1 aliphatic carbocycles. The largest absolute Gasteiger partial charge is 0.393 e. The molecule has 0 aromatic carbocycles. The van der Waals surface area contributed by atoms with Crippen LogP contribution in [-0.4, -0.2) is 17.0 Å². The third-order valence-corrected chi connectivity index (χ3v) is 1.46. The molecule has 1 atom stereocenters. The van der Waals surface area contributed by atoms with Gasteiger partial charge in [0.15, 0.2) is 0 Å². The highest BCUT2D eigenvalue weighted by Gasteiger charge is 2.15. The second-order valence-corrected chi connectivity index (χ2v) is 2.29. The summed E-state index contributed by atoms with van der Waals surface area (Å²) in [5.41, 5.74) is 0. The van der Waals surface area contributed by atoms with Crippen LogP contribution >= 0.6 is 0 Å². The molecule has 1 fully saturated rings. The quantitative estimate of drug-likeness (QED) is 0.497. The SMILES string of the molecule is O=C1CCC[C@H](O)C1. The van der Waals surface area contributed by atoms with Gasteiger partial charge in [-0.1, -0.05) is 0 Å². The summed E-state index contributed by atoms with van der Waals surface area (Å²) in [7, 11) is 0. The van der Waals surface area contributed by atoms with Gasteiger partial charge in [-0.05, 0) is 12.8 Å². The van der Waals surface area contributed by atoms with Crippen molar-refractivity contribution in [3.63, 3.8) is 0 Å². The number of ketones is 1. The molecule has 0 unspecified atom stereocenters. The molecule has 0 aromatic rings. The van der Waals surface area contributed by atoms with E-state index < -0.39 is 0 Å². The molecular formula is C6H10O2. The first-order valence-electron chi connectivity index (χ1n) is 2.99. The lowest BCUT2D eigenvalue weighted by atomic mass is 9.97. The Balaban J connectivity index is 2.34. The van der Waals surface area contributed by atoms with Crippen LogP contribution in [-0.2, 0) is 4.79 Å². The van der Waals surface area contributed by atoms with E-state index in [0.717, 1.165) is 12.8 Å². The maximum Gasteiger partial charge on any atom is 0.135 e.